The lowest BCUT2D eigenvalue weighted by molar-refractivity contribution is 0.102. The molecule has 6 heteroatoms. The molecule has 1 aromatic heterocycles. The summed E-state index contributed by atoms with van der Waals surface area (Å²) >= 11 is 0. The first-order valence-electron chi connectivity index (χ1n) is 6.08. The number of aromatic nitrogens is 1. The number of hydrogen-bond acceptors (Lipinski definition) is 4. The molecule has 1 aromatic carbocycles. The molecule has 0 atom stereocenters. The van der Waals surface area contributed by atoms with E-state index >= 15 is 0 Å². The van der Waals surface area contributed by atoms with Crippen LogP contribution in [0, 0.1) is 0 Å². The summed E-state index contributed by atoms with van der Waals surface area (Å²) in [5, 5.41) is 2.63. The Labute approximate surface area is 117 Å². The minimum atomic E-state index is -3.44. The van der Waals surface area contributed by atoms with Gasteiger partial charge in [-0.2, -0.15) is 0 Å². The van der Waals surface area contributed by atoms with E-state index in [1.165, 1.54) is 18.3 Å². The Kier molecular flexibility index (Phi) is 4.14. The van der Waals surface area contributed by atoms with Gasteiger partial charge in [-0.25, -0.2) is 8.42 Å². The van der Waals surface area contributed by atoms with Crippen LogP contribution < -0.4 is 5.32 Å². The average molecular weight is 290 g/mol. The fourth-order valence-electron chi connectivity index (χ4n) is 1.72. The van der Waals surface area contributed by atoms with Crippen molar-refractivity contribution in [3.8, 4) is 0 Å². The summed E-state index contributed by atoms with van der Waals surface area (Å²) in [4.78, 5) is 16.1. The second-order valence-electron chi connectivity index (χ2n) is 4.10. The Balaban J connectivity index is 2.36. The molecule has 0 spiro atoms. The number of anilines is 1. The van der Waals surface area contributed by atoms with Crippen LogP contribution in [0.3, 0.4) is 0 Å². The lowest BCUT2D eigenvalue weighted by Gasteiger charge is -2.09. The average Bonchev–Trinajstić information content (AvgIpc) is 2.48. The first kappa shape index (κ1) is 14.2. The number of amides is 1. The standard InChI is InChI=1S/C14H14N2O3S/c1-2-20(18,19)13-8-4-3-7-12(13)14(17)16-11-6-5-9-15-10-11/h3-10H,2H2,1H3,(H,16,17). The van der Waals surface area contributed by atoms with E-state index < -0.39 is 15.7 Å². The van der Waals surface area contributed by atoms with Crippen LogP contribution in [-0.4, -0.2) is 25.1 Å². The third-order valence-electron chi connectivity index (χ3n) is 2.77. The maximum atomic E-state index is 12.2. The predicted octanol–water partition coefficient (Wildman–Crippen LogP) is 2.13. The van der Waals surface area contributed by atoms with Crippen molar-refractivity contribution >= 4 is 21.4 Å². The van der Waals surface area contributed by atoms with E-state index in [1.54, 1.807) is 37.4 Å². The molecular weight excluding hydrogens is 276 g/mol. The van der Waals surface area contributed by atoms with Crippen molar-refractivity contribution in [3.63, 3.8) is 0 Å². The number of pyridine rings is 1. The predicted molar refractivity (Wildman–Crippen MR) is 76.4 cm³/mol. The van der Waals surface area contributed by atoms with Crippen LogP contribution in [0.1, 0.15) is 17.3 Å². The van der Waals surface area contributed by atoms with Crippen molar-refractivity contribution in [2.45, 2.75) is 11.8 Å². The zero-order valence-corrected chi connectivity index (χ0v) is 11.7. The number of carbonyl (C=O) groups is 1. The van der Waals surface area contributed by atoms with Gasteiger partial charge < -0.3 is 5.32 Å². The molecule has 0 fully saturated rings. The van der Waals surface area contributed by atoms with Gasteiger partial charge in [-0.3, -0.25) is 9.78 Å². The van der Waals surface area contributed by atoms with E-state index in [0.717, 1.165) is 0 Å². The van der Waals surface area contributed by atoms with Crippen LogP contribution in [0.15, 0.2) is 53.7 Å². The zero-order chi connectivity index (χ0) is 14.6. The summed E-state index contributed by atoms with van der Waals surface area (Å²) in [6.45, 7) is 1.55. The van der Waals surface area contributed by atoms with Crippen molar-refractivity contribution in [1.29, 1.82) is 0 Å². The van der Waals surface area contributed by atoms with Gasteiger partial charge in [0.15, 0.2) is 9.84 Å². The molecule has 20 heavy (non-hydrogen) atoms. The van der Waals surface area contributed by atoms with Gasteiger partial charge in [-0.15, -0.1) is 0 Å². The van der Waals surface area contributed by atoms with Gasteiger partial charge in [0.25, 0.3) is 5.91 Å². The fourth-order valence-corrected chi connectivity index (χ4v) is 2.81. The van der Waals surface area contributed by atoms with Crippen LogP contribution in [0.4, 0.5) is 5.69 Å². The lowest BCUT2D eigenvalue weighted by Crippen LogP contribution is -2.17. The smallest absolute Gasteiger partial charge is 0.257 e. The van der Waals surface area contributed by atoms with Crippen molar-refractivity contribution in [2.24, 2.45) is 0 Å². The Morgan fingerprint density at radius 2 is 1.95 bits per heavy atom. The number of hydrogen-bond donors (Lipinski definition) is 1. The highest BCUT2D eigenvalue weighted by atomic mass is 32.2. The van der Waals surface area contributed by atoms with Gasteiger partial charge in [0, 0.05) is 6.20 Å². The lowest BCUT2D eigenvalue weighted by atomic mass is 10.2. The molecule has 5 nitrogen and oxygen atoms in total. The molecule has 0 radical (unpaired) electrons. The van der Waals surface area contributed by atoms with E-state index in [0.29, 0.717) is 5.69 Å². The number of sulfone groups is 1. The largest absolute Gasteiger partial charge is 0.321 e. The molecule has 0 aliphatic rings. The molecule has 0 bridgehead atoms. The maximum Gasteiger partial charge on any atom is 0.257 e. The first-order valence-corrected chi connectivity index (χ1v) is 7.73. The molecule has 2 rings (SSSR count). The van der Waals surface area contributed by atoms with Gasteiger partial charge in [-0.1, -0.05) is 19.1 Å². The van der Waals surface area contributed by atoms with Gasteiger partial charge in [0.2, 0.25) is 0 Å². The molecular formula is C14H14N2O3S. The molecule has 0 unspecified atom stereocenters. The van der Waals surface area contributed by atoms with E-state index in [9.17, 15) is 13.2 Å². The third-order valence-corrected chi connectivity index (χ3v) is 4.55. The molecule has 1 heterocycles. The number of benzene rings is 1. The van der Waals surface area contributed by atoms with E-state index in [-0.39, 0.29) is 16.2 Å². The normalized spacial score (nSPS) is 11.1. The Morgan fingerprint density at radius 3 is 2.60 bits per heavy atom. The SMILES string of the molecule is CCS(=O)(=O)c1ccccc1C(=O)Nc1cccnc1. The van der Waals surface area contributed by atoms with E-state index in [2.05, 4.69) is 10.3 Å². The Hall–Kier alpha value is -2.21. The van der Waals surface area contributed by atoms with Crippen LogP contribution in [0.25, 0.3) is 0 Å². The molecule has 1 N–H and O–H groups in total. The van der Waals surface area contributed by atoms with Crippen molar-refractivity contribution < 1.29 is 13.2 Å². The van der Waals surface area contributed by atoms with Crippen LogP contribution in [0.5, 0.6) is 0 Å². The van der Waals surface area contributed by atoms with Crippen LogP contribution in [0.2, 0.25) is 0 Å². The minimum absolute atomic E-state index is 0.0453. The van der Waals surface area contributed by atoms with Gasteiger partial charge in [-0.05, 0) is 24.3 Å². The number of carbonyl (C=O) groups excluding carboxylic acids is 1. The minimum Gasteiger partial charge on any atom is -0.321 e. The highest BCUT2D eigenvalue weighted by Crippen LogP contribution is 2.18. The molecule has 0 aliphatic carbocycles. The number of rotatable bonds is 4. The van der Waals surface area contributed by atoms with Crippen LogP contribution in [-0.2, 0) is 9.84 Å². The summed E-state index contributed by atoms with van der Waals surface area (Å²) in [5.41, 5.74) is 0.652. The summed E-state index contributed by atoms with van der Waals surface area (Å²) in [7, 11) is -3.44. The summed E-state index contributed by atoms with van der Waals surface area (Å²) in [6, 6.07) is 9.54. The highest BCUT2D eigenvalue weighted by molar-refractivity contribution is 7.91. The van der Waals surface area contributed by atoms with Crippen molar-refractivity contribution in [1.82, 2.24) is 4.98 Å². The summed E-state index contributed by atoms with van der Waals surface area (Å²) < 4.78 is 24.0. The third kappa shape index (κ3) is 3.03. The molecule has 2 aromatic rings. The highest BCUT2D eigenvalue weighted by Gasteiger charge is 2.20. The summed E-state index contributed by atoms with van der Waals surface area (Å²) in [5.74, 6) is -0.518. The molecule has 1 amide bonds. The fraction of sp³-hybridized carbons (Fsp3) is 0.143. The second-order valence-corrected chi connectivity index (χ2v) is 6.34. The second kappa shape index (κ2) is 5.83. The van der Waals surface area contributed by atoms with Gasteiger partial charge in [0.1, 0.15) is 0 Å². The maximum absolute atomic E-state index is 12.2. The van der Waals surface area contributed by atoms with Gasteiger partial charge >= 0.3 is 0 Å². The quantitative estimate of drug-likeness (QED) is 0.935. The molecule has 0 saturated heterocycles. The number of nitrogens with one attached hydrogen (secondary N) is 1. The monoisotopic (exact) mass is 290 g/mol. The van der Waals surface area contributed by atoms with E-state index in [1.807, 2.05) is 0 Å². The number of nitrogens with zero attached hydrogens (tertiary/aromatic N) is 1. The molecule has 0 saturated carbocycles. The Bertz CT molecular complexity index is 712. The van der Waals surface area contributed by atoms with Crippen LogP contribution >= 0.6 is 0 Å². The molecule has 104 valence electrons. The Morgan fingerprint density at radius 1 is 1.20 bits per heavy atom. The zero-order valence-electron chi connectivity index (χ0n) is 10.9. The van der Waals surface area contributed by atoms with E-state index in [4.69, 9.17) is 0 Å². The van der Waals surface area contributed by atoms with Gasteiger partial charge in [0.05, 0.1) is 28.1 Å². The van der Waals surface area contributed by atoms with Crippen molar-refractivity contribution in [3.05, 3.63) is 54.4 Å². The summed E-state index contributed by atoms with van der Waals surface area (Å²) in [6.07, 6.45) is 3.08. The first-order chi connectivity index (χ1) is 9.54. The molecule has 0 aliphatic heterocycles. The van der Waals surface area contributed by atoms with Crippen molar-refractivity contribution in [2.75, 3.05) is 11.1 Å². The topological polar surface area (TPSA) is 76.1 Å².